The lowest BCUT2D eigenvalue weighted by Crippen LogP contribution is -2.29. The van der Waals surface area contributed by atoms with E-state index in [1.807, 2.05) is 54.6 Å². The van der Waals surface area contributed by atoms with Crippen molar-refractivity contribution in [2.24, 2.45) is 0 Å². The fourth-order valence-electron chi connectivity index (χ4n) is 5.07. The zero-order valence-electron chi connectivity index (χ0n) is 24.3. The first-order valence-electron chi connectivity index (χ1n) is 13.5. The van der Waals surface area contributed by atoms with Crippen LogP contribution < -0.4 is 9.64 Å². The number of ketones is 1. The summed E-state index contributed by atoms with van der Waals surface area (Å²) in [5.41, 5.74) is 4.77. The highest BCUT2D eigenvalue weighted by Gasteiger charge is 2.47. The van der Waals surface area contributed by atoms with E-state index in [0.29, 0.717) is 17.0 Å². The molecule has 5 heteroatoms. The summed E-state index contributed by atoms with van der Waals surface area (Å²) < 4.78 is 5.56. The molecule has 0 saturated carbocycles. The van der Waals surface area contributed by atoms with Crippen LogP contribution in [0.2, 0.25) is 0 Å². The number of carbonyl (C=O) groups is 2. The van der Waals surface area contributed by atoms with Crippen LogP contribution in [0.15, 0.2) is 72.3 Å². The Morgan fingerprint density at radius 1 is 0.872 bits per heavy atom. The second-order valence-corrected chi connectivity index (χ2v) is 12.2. The van der Waals surface area contributed by atoms with Gasteiger partial charge in [0.1, 0.15) is 11.5 Å². The molecule has 39 heavy (non-hydrogen) atoms. The molecule has 1 aliphatic heterocycles. The lowest BCUT2D eigenvalue weighted by molar-refractivity contribution is -0.132. The van der Waals surface area contributed by atoms with E-state index in [9.17, 15) is 14.7 Å². The average molecular weight is 526 g/mol. The normalized spacial score (nSPS) is 17.5. The number of ether oxygens (including phenoxy) is 1. The number of benzene rings is 3. The van der Waals surface area contributed by atoms with Gasteiger partial charge in [-0.05, 0) is 64.3 Å². The number of nitrogens with zero attached hydrogens (tertiary/aromatic N) is 1. The minimum Gasteiger partial charge on any atom is -0.507 e. The summed E-state index contributed by atoms with van der Waals surface area (Å²) in [7, 11) is 1.61. The van der Waals surface area contributed by atoms with Gasteiger partial charge in [0.2, 0.25) is 0 Å². The van der Waals surface area contributed by atoms with Crippen LogP contribution in [0, 0.1) is 0 Å². The van der Waals surface area contributed by atoms with E-state index in [2.05, 4.69) is 48.5 Å². The molecule has 1 atom stereocenters. The van der Waals surface area contributed by atoms with Crippen LogP contribution in [-0.2, 0) is 26.8 Å². The topological polar surface area (TPSA) is 66.8 Å². The van der Waals surface area contributed by atoms with Gasteiger partial charge in [0.25, 0.3) is 11.7 Å². The SMILES string of the molecule is CCc1ccc(C2/C(=C(/O)c3ccc(OC)c(C(C)(C)C)c3)C(=O)C(=O)N2c2ccc(C(C)(C)C)cc2)cc1. The molecule has 1 fully saturated rings. The minimum atomic E-state index is -0.767. The number of amides is 1. The Bertz CT molecular complexity index is 1420. The van der Waals surface area contributed by atoms with Crippen LogP contribution in [-0.4, -0.2) is 23.9 Å². The van der Waals surface area contributed by atoms with Crippen molar-refractivity contribution < 1.29 is 19.4 Å². The number of aryl methyl sites for hydroxylation is 1. The molecule has 1 heterocycles. The first kappa shape index (κ1) is 28.2. The van der Waals surface area contributed by atoms with Crippen molar-refractivity contribution in [3.63, 3.8) is 0 Å². The maximum atomic E-state index is 13.6. The van der Waals surface area contributed by atoms with Gasteiger partial charge in [-0.25, -0.2) is 0 Å². The summed E-state index contributed by atoms with van der Waals surface area (Å²) in [4.78, 5) is 28.7. The Balaban J connectivity index is 1.93. The lowest BCUT2D eigenvalue weighted by Gasteiger charge is -2.27. The van der Waals surface area contributed by atoms with Gasteiger partial charge in [0.05, 0.1) is 18.7 Å². The monoisotopic (exact) mass is 525 g/mol. The maximum absolute atomic E-state index is 13.6. The molecule has 1 unspecified atom stereocenters. The van der Waals surface area contributed by atoms with Crippen LogP contribution in [0.5, 0.6) is 5.75 Å². The second kappa shape index (κ2) is 10.4. The van der Waals surface area contributed by atoms with Crippen molar-refractivity contribution in [2.45, 2.75) is 71.8 Å². The van der Waals surface area contributed by atoms with Crippen LogP contribution in [0.1, 0.15) is 82.3 Å². The van der Waals surface area contributed by atoms with Crippen LogP contribution in [0.25, 0.3) is 5.76 Å². The fourth-order valence-corrected chi connectivity index (χ4v) is 5.07. The Hall–Kier alpha value is -3.86. The molecule has 4 rings (SSSR count). The maximum Gasteiger partial charge on any atom is 0.300 e. The average Bonchev–Trinajstić information content (AvgIpc) is 3.17. The van der Waals surface area contributed by atoms with Crippen molar-refractivity contribution in [1.82, 2.24) is 0 Å². The Labute approximate surface area is 232 Å². The van der Waals surface area contributed by atoms with E-state index in [4.69, 9.17) is 4.74 Å². The number of aliphatic hydroxyl groups is 1. The van der Waals surface area contributed by atoms with Gasteiger partial charge in [-0.3, -0.25) is 14.5 Å². The predicted molar refractivity (Wildman–Crippen MR) is 157 cm³/mol. The van der Waals surface area contributed by atoms with E-state index < -0.39 is 17.7 Å². The van der Waals surface area contributed by atoms with Crippen molar-refractivity contribution in [3.05, 3.63) is 100 Å². The van der Waals surface area contributed by atoms with Gasteiger partial charge in [0.15, 0.2) is 0 Å². The number of methoxy groups -OCH3 is 1. The summed E-state index contributed by atoms with van der Waals surface area (Å²) in [5, 5.41) is 11.6. The molecule has 5 nitrogen and oxygen atoms in total. The highest BCUT2D eigenvalue weighted by Crippen LogP contribution is 2.43. The molecule has 0 bridgehead atoms. The molecule has 204 valence electrons. The number of hydrogen-bond acceptors (Lipinski definition) is 4. The third-order valence-corrected chi connectivity index (χ3v) is 7.44. The minimum absolute atomic E-state index is 0.0544. The molecule has 0 spiro atoms. The van der Waals surface area contributed by atoms with Crippen molar-refractivity contribution >= 4 is 23.1 Å². The first-order chi connectivity index (χ1) is 18.3. The third kappa shape index (κ3) is 5.36. The van der Waals surface area contributed by atoms with Gasteiger partial charge in [-0.1, -0.05) is 84.9 Å². The van der Waals surface area contributed by atoms with Gasteiger partial charge in [-0.15, -0.1) is 0 Å². The number of aliphatic hydroxyl groups excluding tert-OH is 1. The van der Waals surface area contributed by atoms with Gasteiger partial charge < -0.3 is 9.84 Å². The molecule has 1 aliphatic rings. The van der Waals surface area contributed by atoms with Crippen LogP contribution >= 0.6 is 0 Å². The van der Waals surface area contributed by atoms with Crippen LogP contribution in [0.4, 0.5) is 5.69 Å². The highest BCUT2D eigenvalue weighted by atomic mass is 16.5. The van der Waals surface area contributed by atoms with Gasteiger partial charge >= 0.3 is 0 Å². The van der Waals surface area contributed by atoms with Crippen molar-refractivity contribution in [3.8, 4) is 5.75 Å². The third-order valence-electron chi connectivity index (χ3n) is 7.44. The largest absolute Gasteiger partial charge is 0.507 e. The van der Waals surface area contributed by atoms with E-state index in [-0.39, 0.29) is 22.2 Å². The zero-order valence-corrected chi connectivity index (χ0v) is 24.3. The second-order valence-electron chi connectivity index (χ2n) is 12.2. The van der Waals surface area contributed by atoms with E-state index >= 15 is 0 Å². The Morgan fingerprint density at radius 2 is 1.49 bits per heavy atom. The van der Waals surface area contributed by atoms with Crippen LogP contribution in [0.3, 0.4) is 0 Å². The molecule has 1 N–H and O–H groups in total. The number of carbonyl (C=O) groups excluding carboxylic acids is 2. The molecular weight excluding hydrogens is 486 g/mol. The van der Waals surface area contributed by atoms with E-state index in [0.717, 1.165) is 28.7 Å². The predicted octanol–water partition coefficient (Wildman–Crippen LogP) is 7.48. The number of Topliss-reactive ketones (excluding diaryl/α,β-unsaturated/α-hetero) is 1. The summed E-state index contributed by atoms with van der Waals surface area (Å²) in [6.07, 6.45) is 0.871. The molecule has 1 saturated heterocycles. The van der Waals surface area contributed by atoms with Crippen molar-refractivity contribution in [1.29, 1.82) is 0 Å². The lowest BCUT2D eigenvalue weighted by atomic mass is 9.84. The highest BCUT2D eigenvalue weighted by molar-refractivity contribution is 6.51. The zero-order chi connectivity index (χ0) is 28.7. The Kier molecular flexibility index (Phi) is 7.48. The smallest absolute Gasteiger partial charge is 0.300 e. The number of hydrogen-bond donors (Lipinski definition) is 1. The summed E-state index contributed by atoms with van der Waals surface area (Å²) in [5.74, 6) is -0.857. The molecule has 3 aromatic carbocycles. The fraction of sp³-hybridized carbons (Fsp3) is 0.353. The summed E-state index contributed by atoms with van der Waals surface area (Å²) in [6.45, 7) is 14.6. The molecule has 1 amide bonds. The molecule has 0 aromatic heterocycles. The van der Waals surface area contributed by atoms with Crippen molar-refractivity contribution in [2.75, 3.05) is 12.0 Å². The molecule has 0 aliphatic carbocycles. The standard InChI is InChI=1S/C34H39NO4/c1-9-21-10-12-22(13-11-21)29-28(30(36)23-14-19-27(39-8)26(20-23)34(5,6)7)31(37)32(38)35(29)25-17-15-24(16-18-25)33(2,3)4/h10-20,29,36H,9H2,1-8H3/b30-28-. The molecular formula is C34H39NO4. The molecule has 0 radical (unpaired) electrons. The van der Waals surface area contributed by atoms with E-state index in [1.54, 1.807) is 19.2 Å². The summed E-state index contributed by atoms with van der Waals surface area (Å²) in [6, 6.07) is 20.2. The Morgan fingerprint density at radius 3 is 2.00 bits per heavy atom. The summed E-state index contributed by atoms with van der Waals surface area (Å²) >= 11 is 0. The first-order valence-corrected chi connectivity index (χ1v) is 13.5. The molecule has 3 aromatic rings. The van der Waals surface area contributed by atoms with E-state index in [1.165, 1.54) is 4.90 Å². The quantitative estimate of drug-likeness (QED) is 0.213. The number of rotatable bonds is 5. The van der Waals surface area contributed by atoms with Gasteiger partial charge in [-0.2, -0.15) is 0 Å². The van der Waals surface area contributed by atoms with Gasteiger partial charge in [0, 0.05) is 16.8 Å². The number of anilines is 1.